The molecule has 0 saturated carbocycles. The standard InChI is InChI=1S/C17H24FN3O3S/c1-2-3-8-19-14(22)10-25-17-20-15(23)12(16(24)21-17)9-11-6-4-5-7-13(11)18/h4-7,12,15,17,20,23H,2-3,8-10H2,1H3,(H,19,22)(H,21,24). The fraction of sp³-hybridized carbons (Fsp3) is 0.529. The minimum Gasteiger partial charge on any atom is -0.378 e. The van der Waals surface area contributed by atoms with Crippen molar-refractivity contribution in [3.63, 3.8) is 0 Å². The second-order valence-electron chi connectivity index (χ2n) is 5.92. The fourth-order valence-electron chi connectivity index (χ4n) is 2.50. The number of hydrogen-bond donors (Lipinski definition) is 4. The van der Waals surface area contributed by atoms with Crippen molar-refractivity contribution in [2.75, 3.05) is 12.3 Å². The zero-order valence-electron chi connectivity index (χ0n) is 14.1. The molecule has 0 spiro atoms. The molecule has 1 fully saturated rings. The van der Waals surface area contributed by atoms with Crippen molar-refractivity contribution in [1.29, 1.82) is 0 Å². The van der Waals surface area contributed by atoms with Gasteiger partial charge in [0.05, 0.1) is 11.7 Å². The summed E-state index contributed by atoms with van der Waals surface area (Å²) in [6.07, 6.45) is 0.921. The molecule has 1 aliphatic heterocycles. The van der Waals surface area contributed by atoms with E-state index in [1.165, 1.54) is 17.8 Å². The molecule has 6 nitrogen and oxygen atoms in total. The number of thioether (sulfide) groups is 1. The molecule has 0 aromatic heterocycles. The van der Waals surface area contributed by atoms with Crippen molar-refractivity contribution >= 4 is 23.6 Å². The Morgan fingerprint density at radius 3 is 2.84 bits per heavy atom. The summed E-state index contributed by atoms with van der Waals surface area (Å²) in [4.78, 5) is 23.9. The number of aliphatic hydroxyl groups excluding tert-OH is 1. The van der Waals surface area contributed by atoms with Crippen LogP contribution in [-0.4, -0.2) is 40.9 Å². The lowest BCUT2D eigenvalue weighted by atomic mass is 9.95. The van der Waals surface area contributed by atoms with Crippen LogP contribution in [0.5, 0.6) is 0 Å². The molecule has 0 bridgehead atoms. The first-order chi connectivity index (χ1) is 12.0. The lowest BCUT2D eigenvalue weighted by molar-refractivity contribution is -0.133. The Morgan fingerprint density at radius 2 is 2.16 bits per heavy atom. The van der Waals surface area contributed by atoms with E-state index in [-0.39, 0.29) is 24.0 Å². The number of aliphatic hydroxyl groups is 1. The third-order valence-corrected chi connectivity index (χ3v) is 4.96. The molecule has 1 heterocycles. The molecule has 2 rings (SSSR count). The van der Waals surface area contributed by atoms with E-state index in [0.717, 1.165) is 12.8 Å². The van der Waals surface area contributed by atoms with Gasteiger partial charge in [0.2, 0.25) is 11.8 Å². The maximum Gasteiger partial charge on any atom is 0.230 e. The molecule has 138 valence electrons. The molecule has 4 N–H and O–H groups in total. The largest absolute Gasteiger partial charge is 0.378 e. The highest BCUT2D eigenvalue weighted by Crippen LogP contribution is 2.20. The average molecular weight is 369 g/mol. The van der Waals surface area contributed by atoms with Crippen molar-refractivity contribution < 1.29 is 19.1 Å². The van der Waals surface area contributed by atoms with Gasteiger partial charge < -0.3 is 15.7 Å². The van der Waals surface area contributed by atoms with Gasteiger partial charge in [0.1, 0.15) is 17.5 Å². The Labute approximate surface area is 150 Å². The summed E-state index contributed by atoms with van der Waals surface area (Å²) >= 11 is 1.19. The maximum atomic E-state index is 13.7. The van der Waals surface area contributed by atoms with Crippen molar-refractivity contribution in [3.05, 3.63) is 35.6 Å². The first-order valence-corrected chi connectivity index (χ1v) is 9.42. The normalized spacial score (nSPS) is 23.2. The number of rotatable bonds is 8. The van der Waals surface area contributed by atoms with Gasteiger partial charge in [-0.05, 0) is 24.5 Å². The van der Waals surface area contributed by atoms with Crippen molar-refractivity contribution in [2.24, 2.45) is 5.92 Å². The van der Waals surface area contributed by atoms with E-state index in [2.05, 4.69) is 16.0 Å². The number of hydrogen-bond acceptors (Lipinski definition) is 5. The molecule has 0 aliphatic carbocycles. The summed E-state index contributed by atoms with van der Waals surface area (Å²) in [5.41, 5.74) is -0.179. The molecule has 1 aromatic carbocycles. The van der Waals surface area contributed by atoms with Gasteiger partial charge in [-0.3, -0.25) is 14.9 Å². The number of carbonyl (C=O) groups is 2. The third kappa shape index (κ3) is 5.98. The second kappa shape index (κ2) is 9.74. The van der Waals surface area contributed by atoms with Gasteiger partial charge in [-0.1, -0.05) is 31.5 Å². The molecule has 3 unspecified atom stereocenters. The molecule has 0 radical (unpaired) electrons. The quantitative estimate of drug-likeness (QED) is 0.513. The van der Waals surface area contributed by atoms with Crippen LogP contribution < -0.4 is 16.0 Å². The number of nitrogens with one attached hydrogen (secondary N) is 3. The molecule has 25 heavy (non-hydrogen) atoms. The predicted octanol–water partition coefficient (Wildman–Crippen LogP) is 0.955. The summed E-state index contributed by atoms with van der Waals surface area (Å²) in [5.74, 6) is -1.49. The summed E-state index contributed by atoms with van der Waals surface area (Å²) in [6, 6.07) is 6.18. The van der Waals surface area contributed by atoms with E-state index in [4.69, 9.17) is 0 Å². The maximum absolute atomic E-state index is 13.7. The Morgan fingerprint density at radius 1 is 1.40 bits per heavy atom. The van der Waals surface area contributed by atoms with E-state index in [0.29, 0.717) is 12.1 Å². The number of unbranched alkanes of at least 4 members (excludes halogenated alkanes) is 1. The average Bonchev–Trinajstić information content (AvgIpc) is 2.58. The van der Waals surface area contributed by atoms with Gasteiger partial charge in [-0.15, -0.1) is 11.8 Å². The topological polar surface area (TPSA) is 90.5 Å². The molecule has 8 heteroatoms. The van der Waals surface area contributed by atoms with Crippen LogP contribution in [0.25, 0.3) is 0 Å². The number of halogens is 1. The van der Waals surface area contributed by atoms with Crippen LogP contribution in [0.15, 0.2) is 24.3 Å². The van der Waals surface area contributed by atoms with Gasteiger partial charge in [-0.2, -0.15) is 0 Å². The fourth-order valence-corrected chi connectivity index (χ4v) is 3.36. The summed E-state index contributed by atoms with van der Waals surface area (Å²) < 4.78 is 13.7. The van der Waals surface area contributed by atoms with Gasteiger partial charge in [0.25, 0.3) is 0 Å². The van der Waals surface area contributed by atoms with E-state index in [1.54, 1.807) is 18.2 Å². The first-order valence-electron chi connectivity index (χ1n) is 8.37. The first kappa shape index (κ1) is 19.7. The van der Waals surface area contributed by atoms with Crippen molar-refractivity contribution in [3.8, 4) is 0 Å². The Bertz CT molecular complexity index is 602. The summed E-state index contributed by atoms with van der Waals surface area (Å²) in [6.45, 7) is 2.68. The van der Waals surface area contributed by atoms with Crippen LogP contribution in [0, 0.1) is 11.7 Å². The molecule has 1 aromatic rings. The lowest BCUT2D eigenvalue weighted by Gasteiger charge is -2.34. The van der Waals surface area contributed by atoms with E-state index >= 15 is 0 Å². The zero-order chi connectivity index (χ0) is 18.2. The van der Waals surface area contributed by atoms with Gasteiger partial charge in [-0.25, -0.2) is 4.39 Å². The predicted molar refractivity (Wildman–Crippen MR) is 95.0 cm³/mol. The Hall–Kier alpha value is -1.64. The highest BCUT2D eigenvalue weighted by molar-refractivity contribution is 8.00. The number of benzene rings is 1. The van der Waals surface area contributed by atoms with Crippen LogP contribution >= 0.6 is 11.8 Å². The van der Waals surface area contributed by atoms with E-state index in [1.807, 2.05) is 6.92 Å². The van der Waals surface area contributed by atoms with Crippen LogP contribution in [0.4, 0.5) is 4.39 Å². The van der Waals surface area contributed by atoms with Crippen molar-refractivity contribution in [1.82, 2.24) is 16.0 Å². The molecule has 2 amide bonds. The highest BCUT2D eigenvalue weighted by Gasteiger charge is 2.35. The lowest BCUT2D eigenvalue weighted by Crippen LogP contribution is -2.60. The molecular formula is C17H24FN3O3S. The van der Waals surface area contributed by atoms with Crippen LogP contribution in [0.1, 0.15) is 25.3 Å². The van der Waals surface area contributed by atoms with Crippen LogP contribution in [-0.2, 0) is 16.0 Å². The second-order valence-corrected chi connectivity index (χ2v) is 7.01. The monoisotopic (exact) mass is 369 g/mol. The Kier molecular flexibility index (Phi) is 7.67. The molecular weight excluding hydrogens is 345 g/mol. The minimum absolute atomic E-state index is 0.0988. The number of amides is 2. The smallest absolute Gasteiger partial charge is 0.230 e. The Balaban J connectivity index is 1.82. The van der Waals surface area contributed by atoms with Gasteiger partial charge in [0.15, 0.2) is 0 Å². The van der Waals surface area contributed by atoms with Crippen LogP contribution in [0.3, 0.4) is 0 Å². The molecule has 1 saturated heterocycles. The zero-order valence-corrected chi connectivity index (χ0v) is 14.9. The summed E-state index contributed by atoms with van der Waals surface area (Å²) in [5, 5.41) is 18.5. The molecule has 1 aliphatic rings. The SMILES string of the molecule is CCCCNC(=O)CSC1NC(=O)C(Cc2ccccc2F)C(O)N1. The van der Waals surface area contributed by atoms with E-state index in [9.17, 15) is 19.1 Å². The van der Waals surface area contributed by atoms with Crippen molar-refractivity contribution in [2.45, 2.75) is 37.9 Å². The third-order valence-electron chi connectivity index (χ3n) is 3.94. The van der Waals surface area contributed by atoms with Crippen LogP contribution in [0.2, 0.25) is 0 Å². The van der Waals surface area contributed by atoms with Gasteiger partial charge >= 0.3 is 0 Å². The number of carbonyl (C=O) groups excluding carboxylic acids is 2. The highest BCUT2D eigenvalue weighted by atomic mass is 32.2. The van der Waals surface area contributed by atoms with E-state index < -0.39 is 23.5 Å². The van der Waals surface area contributed by atoms with Gasteiger partial charge in [0, 0.05) is 6.54 Å². The molecule has 3 atom stereocenters. The summed E-state index contributed by atoms with van der Waals surface area (Å²) in [7, 11) is 0. The minimum atomic E-state index is -1.10.